The normalized spacial score (nSPS) is 17.8. The molecule has 6 heteroatoms. The summed E-state index contributed by atoms with van der Waals surface area (Å²) in [4.78, 5) is 0. The van der Waals surface area contributed by atoms with E-state index in [4.69, 9.17) is 0 Å². The fourth-order valence-electron chi connectivity index (χ4n) is 1.94. The van der Waals surface area contributed by atoms with Gasteiger partial charge in [0.25, 0.3) is 10.2 Å². The summed E-state index contributed by atoms with van der Waals surface area (Å²) in [5.74, 6) is 0. The Kier molecular flexibility index (Phi) is 4.71. The molecule has 18 heavy (non-hydrogen) atoms. The Morgan fingerprint density at radius 1 is 1.17 bits per heavy atom. The van der Waals surface area contributed by atoms with Crippen LogP contribution in [-0.4, -0.2) is 45.4 Å². The number of nitrogens with zero attached hydrogens (tertiary/aromatic N) is 1. The van der Waals surface area contributed by atoms with Crippen molar-refractivity contribution >= 4 is 10.2 Å². The van der Waals surface area contributed by atoms with Crippen LogP contribution in [0, 0.1) is 0 Å². The van der Waals surface area contributed by atoms with Gasteiger partial charge in [0.05, 0.1) is 0 Å². The lowest BCUT2D eigenvalue weighted by Crippen LogP contribution is -2.50. The Balaban J connectivity index is 1.82. The molecule has 0 atom stereocenters. The highest BCUT2D eigenvalue weighted by molar-refractivity contribution is 7.87. The highest BCUT2D eigenvalue weighted by atomic mass is 32.2. The number of nitrogens with one attached hydrogen (secondary N) is 2. The summed E-state index contributed by atoms with van der Waals surface area (Å²) in [5, 5.41) is 3.13. The van der Waals surface area contributed by atoms with Gasteiger partial charge in [-0.05, 0) is 12.0 Å². The van der Waals surface area contributed by atoms with Crippen LogP contribution in [0.3, 0.4) is 0 Å². The van der Waals surface area contributed by atoms with Gasteiger partial charge in [-0.25, -0.2) is 4.72 Å². The number of rotatable bonds is 5. The summed E-state index contributed by atoms with van der Waals surface area (Å²) in [6, 6.07) is 9.87. The van der Waals surface area contributed by atoms with Gasteiger partial charge in [0.1, 0.15) is 0 Å². The van der Waals surface area contributed by atoms with Crippen LogP contribution in [0.15, 0.2) is 30.3 Å². The van der Waals surface area contributed by atoms with E-state index in [1.54, 1.807) is 0 Å². The molecule has 0 saturated carbocycles. The van der Waals surface area contributed by atoms with Gasteiger partial charge < -0.3 is 5.32 Å². The van der Waals surface area contributed by atoms with E-state index in [0.29, 0.717) is 26.1 Å². The molecule has 1 aliphatic heterocycles. The molecule has 1 aromatic carbocycles. The minimum Gasteiger partial charge on any atom is -0.314 e. The molecule has 100 valence electrons. The monoisotopic (exact) mass is 269 g/mol. The summed E-state index contributed by atoms with van der Waals surface area (Å²) in [5.41, 5.74) is 1.14. The number of hydrogen-bond acceptors (Lipinski definition) is 3. The van der Waals surface area contributed by atoms with Crippen LogP contribution in [0.2, 0.25) is 0 Å². The fourth-order valence-corrected chi connectivity index (χ4v) is 3.15. The molecule has 0 aromatic heterocycles. The van der Waals surface area contributed by atoms with E-state index in [2.05, 4.69) is 10.0 Å². The molecule has 1 heterocycles. The lowest BCUT2D eigenvalue weighted by atomic mass is 10.2. The maximum absolute atomic E-state index is 12.0. The minimum atomic E-state index is -3.31. The van der Waals surface area contributed by atoms with Crippen molar-refractivity contribution in [3.05, 3.63) is 35.9 Å². The smallest absolute Gasteiger partial charge is 0.279 e. The lowest BCUT2D eigenvalue weighted by Gasteiger charge is -2.26. The van der Waals surface area contributed by atoms with Crippen LogP contribution in [0.5, 0.6) is 0 Å². The second-order valence-corrected chi connectivity index (χ2v) is 6.04. The molecule has 0 bridgehead atoms. The largest absolute Gasteiger partial charge is 0.314 e. The summed E-state index contributed by atoms with van der Waals surface area (Å²) in [6.45, 7) is 2.97. The van der Waals surface area contributed by atoms with Crippen molar-refractivity contribution < 1.29 is 8.42 Å². The molecule has 0 amide bonds. The molecule has 5 nitrogen and oxygen atoms in total. The van der Waals surface area contributed by atoms with Crippen molar-refractivity contribution in [2.24, 2.45) is 0 Å². The fraction of sp³-hybridized carbons (Fsp3) is 0.500. The Hall–Kier alpha value is -0.950. The van der Waals surface area contributed by atoms with Crippen molar-refractivity contribution in [1.29, 1.82) is 0 Å². The van der Waals surface area contributed by atoms with E-state index >= 15 is 0 Å². The molecule has 1 saturated heterocycles. The van der Waals surface area contributed by atoms with Crippen molar-refractivity contribution in [3.8, 4) is 0 Å². The lowest BCUT2D eigenvalue weighted by molar-refractivity contribution is 0.355. The van der Waals surface area contributed by atoms with E-state index in [-0.39, 0.29) is 0 Å². The molecule has 1 aliphatic rings. The van der Waals surface area contributed by atoms with Gasteiger partial charge in [-0.2, -0.15) is 12.7 Å². The first kappa shape index (κ1) is 13.5. The second kappa shape index (κ2) is 6.29. The summed E-state index contributed by atoms with van der Waals surface area (Å²) in [7, 11) is -3.31. The first-order valence-electron chi connectivity index (χ1n) is 6.18. The Bertz CT molecular complexity index is 455. The average Bonchev–Trinajstić information content (AvgIpc) is 2.41. The summed E-state index contributed by atoms with van der Waals surface area (Å²) < 4.78 is 28.1. The zero-order valence-electron chi connectivity index (χ0n) is 10.3. The first-order valence-corrected chi connectivity index (χ1v) is 7.62. The van der Waals surface area contributed by atoms with Crippen molar-refractivity contribution in [2.45, 2.75) is 6.42 Å². The summed E-state index contributed by atoms with van der Waals surface area (Å²) in [6.07, 6.45) is 0.714. The molecule has 0 radical (unpaired) electrons. The van der Waals surface area contributed by atoms with Gasteiger partial charge in [0.15, 0.2) is 0 Å². The topological polar surface area (TPSA) is 61.4 Å². The molecule has 1 fully saturated rings. The third kappa shape index (κ3) is 3.78. The molecule has 0 aliphatic carbocycles. The predicted molar refractivity (Wildman–Crippen MR) is 71.5 cm³/mol. The second-order valence-electron chi connectivity index (χ2n) is 4.28. The SMILES string of the molecule is O=S(=O)(NCCc1ccccc1)N1CCNCC1. The van der Waals surface area contributed by atoms with Gasteiger partial charge in [0, 0.05) is 32.7 Å². The van der Waals surface area contributed by atoms with Crippen LogP contribution >= 0.6 is 0 Å². The van der Waals surface area contributed by atoms with Gasteiger partial charge in [-0.15, -0.1) is 0 Å². The number of benzene rings is 1. The van der Waals surface area contributed by atoms with Crippen LogP contribution in [0.1, 0.15) is 5.56 Å². The molecular weight excluding hydrogens is 250 g/mol. The van der Waals surface area contributed by atoms with Crippen LogP contribution in [0.25, 0.3) is 0 Å². The maximum Gasteiger partial charge on any atom is 0.279 e. The first-order chi connectivity index (χ1) is 8.68. The average molecular weight is 269 g/mol. The van der Waals surface area contributed by atoms with Crippen LogP contribution in [-0.2, 0) is 16.6 Å². The van der Waals surface area contributed by atoms with Gasteiger partial charge in [-0.3, -0.25) is 0 Å². The van der Waals surface area contributed by atoms with Crippen molar-refractivity contribution in [3.63, 3.8) is 0 Å². The van der Waals surface area contributed by atoms with E-state index < -0.39 is 10.2 Å². The van der Waals surface area contributed by atoms with Crippen LogP contribution in [0.4, 0.5) is 0 Å². The third-order valence-electron chi connectivity index (χ3n) is 2.96. The van der Waals surface area contributed by atoms with E-state index in [1.807, 2.05) is 30.3 Å². The molecule has 0 unspecified atom stereocenters. The Morgan fingerprint density at radius 2 is 1.83 bits per heavy atom. The molecular formula is C12H19N3O2S. The highest BCUT2D eigenvalue weighted by Crippen LogP contribution is 2.02. The zero-order valence-corrected chi connectivity index (χ0v) is 11.1. The maximum atomic E-state index is 12.0. The third-order valence-corrected chi connectivity index (χ3v) is 4.57. The van der Waals surface area contributed by atoms with E-state index in [0.717, 1.165) is 18.7 Å². The van der Waals surface area contributed by atoms with Gasteiger partial charge >= 0.3 is 0 Å². The zero-order chi connectivity index (χ0) is 12.8. The standard InChI is InChI=1S/C12H19N3O2S/c16-18(17,15-10-8-13-9-11-15)14-7-6-12-4-2-1-3-5-12/h1-5,13-14H,6-11H2. The molecule has 0 spiro atoms. The van der Waals surface area contributed by atoms with E-state index in [1.165, 1.54) is 4.31 Å². The predicted octanol–water partition coefficient (Wildman–Crippen LogP) is -0.0313. The van der Waals surface area contributed by atoms with Crippen molar-refractivity contribution in [1.82, 2.24) is 14.3 Å². The van der Waals surface area contributed by atoms with Crippen LogP contribution < -0.4 is 10.0 Å². The summed E-state index contributed by atoms with van der Waals surface area (Å²) >= 11 is 0. The Labute approximate surface area is 108 Å². The molecule has 1 aromatic rings. The van der Waals surface area contributed by atoms with Gasteiger partial charge in [0.2, 0.25) is 0 Å². The Morgan fingerprint density at radius 3 is 2.50 bits per heavy atom. The minimum absolute atomic E-state index is 0.441. The molecule has 2 rings (SSSR count). The van der Waals surface area contributed by atoms with Crippen molar-refractivity contribution in [2.75, 3.05) is 32.7 Å². The van der Waals surface area contributed by atoms with Gasteiger partial charge in [-0.1, -0.05) is 30.3 Å². The van der Waals surface area contributed by atoms with E-state index in [9.17, 15) is 8.42 Å². The highest BCUT2D eigenvalue weighted by Gasteiger charge is 2.22. The molecule has 2 N–H and O–H groups in total. The number of piperazine rings is 1. The quantitative estimate of drug-likeness (QED) is 0.789. The number of hydrogen-bond donors (Lipinski definition) is 2.